The van der Waals surface area contributed by atoms with Crippen LogP contribution in [0.3, 0.4) is 0 Å². The molecule has 0 unspecified atom stereocenters. The largest absolute Gasteiger partial charge is 0.378 e. The van der Waals surface area contributed by atoms with Gasteiger partial charge >= 0.3 is 0 Å². The van der Waals surface area contributed by atoms with Crippen molar-refractivity contribution in [3.05, 3.63) is 48.0 Å². The van der Waals surface area contributed by atoms with E-state index < -0.39 is 6.10 Å². The molecule has 0 heterocycles. The van der Waals surface area contributed by atoms with Crippen LogP contribution >= 0.6 is 0 Å². The minimum Gasteiger partial charge on any atom is -0.378 e. The quantitative estimate of drug-likeness (QED) is 0.797. The number of benzene rings is 1. The highest BCUT2D eigenvalue weighted by atomic mass is 16.5. The van der Waals surface area contributed by atoms with Gasteiger partial charge in [0.15, 0.2) is 5.78 Å². The van der Waals surface area contributed by atoms with Crippen molar-refractivity contribution in [3.8, 4) is 0 Å². The van der Waals surface area contributed by atoms with Gasteiger partial charge in [0.1, 0.15) is 6.10 Å². The zero-order valence-electron chi connectivity index (χ0n) is 9.84. The second-order valence-electron chi connectivity index (χ2n) is 4.03. The van der Waals surface area contributed by atoms with E-state index >= 15 is 0 Å². The Hall–Kier alpha value is -1.45. The normalized spacial score (nSPS) is 23.9. The number of ether oxygens (including phenoxy) is 2. The van der Waals surface area contributed by atoms with Crippen molar-refractivity contribution in [1.29, 1.82) is 0 Å². The molecule has 0 saturated carbocycles. The summed E-state index contributed by atoms with van der Waals surface area (Å²) in [6, 6.07) is 9.82. The average Bonchev–Trinajstić information content (AvgIpc) is 2.38. The summed E-state index contributed by atoms with van der Waals surface area (Å²) in [5.74, 6) is -0.0148. The van der Waals surface area contributed by atoms with Crippen LogP contribution < -0.4 is 0 Å². The fourth-order valence-corrected chi connectivity index (χ4v) is 1.89. The maximum Gasteiger partial charge on any atom is 0.186 e. The number of carbonyl (C=O) groups excluding carboxylic acids is 1. The SMILES string of the molecule is CO[C@@H]1CC=CC(=O)[C@H]1OCc1ccccc1. The minimum atomic E-state index is -0.481. The maximum absolute atomic E-state index is 11.7. The van der Waals surface area contributed by atoms with Crippen LogP contribution in [0.1, 0.15) is 12.0 Å². The van der Waals surface area contributed by atoms with Crippen molar-refractivity contribution < 1.29 is 14.3 Å². The molecule has 90 valence electrons. The molecule has 0 N–H and O–H groups in total. The van der Waals surface area contributed by atoms with Crippen molar-refractivity contribution in [1.82, 2.24) is 0 Å². The lowest BCUT2D eigenvalue weighted by molar-refractivity contribution is -0.138. The predicted molar refractivity (Wildman–Crippen MR) is 64.6 cm³/mol. The van der Waals surface area contributed by atoms with E-state index in [4.69, 9.17) is 9.47 Å². The fraction of sp³-hybridized carbons (Fsp3) is 0.357. The van der Waals surface area contributed by atoms with Crippen LogP contribution in [-0.4, -0.2) is 25.1 Å². The molecular formula is C14H16O3. The van der Waals surface area contributed by atoms with Gasteiger partial charge < -0.3 is 9.47 Å². The van der Waals surface area contributed by atoms with Gasteiger partial charge in [0.25, 0.3) is 0 Å². The topological polar surface area (TPSA) is 35.5 Å². The molecule has 0 radical (unpaired) electrons. The van der Waals surface area contributed by atoms with Crippen molar-refractivity contribution >= 4 is 5.78 Å². The third-order valence-corrected chi connectivity index (χ3v) is 2.84. The van der Waals surface area contributed by atoms with Crippen molar-refractivity contribution in [2.75, 3.05) is 7.11 Å². The van der Waals surface area contributed by atoms with Gasteiger partial charge in [-0.2, -0.15) is 0 Å². The molecule has 1 aliphatic rings. The van der Waals surface area contributed by atoms with E-state index in [2.05, 4.69) is 0 Å². The molecule has 1 aromatic carbocycles. The van der Waals surface area contributed by atoms with Gasteiger partial charge in [-0.25, -0.2) is 0 Å². The highest BCUT2D eigenvalue weighted by molar-refractivity contribution is 5.94. The van der Waals surface area contributed by atoms with Crippen LogP contribution in [0, 0.1) is 0 Å². The molecule has 1 aliphatic carbocycles. The van der Waals surface area contributed by atoms with E-state index in [1.807, 2.05) is 36.4 Å². The van der Waals surface area contributed by atoms with Crippen LogP contribution in [0.4, 0.5) is 0 Å². The van der Waals surface area contributed by atoms with Crippen LogP contribution in [-0.2, 0) is 20.9 Å². The van der Waals surface area contributed by atoms with E-state index in [-0.39, 0.29) is 11.9 Å². The molecule has 2 rings (SSSR count). The molecule has 2 atom stereocenters. The number of ketones is 1. The Kier molecular flexibility index (Phi) is 4.07. The minimum absolute atomic E-state index is 0.0148. The average molecular weight is 232 g/mol. The number of carbonyl (C=O) groups is 1. The van der Waals surface area contributed by atoms with Gasteiger partial charge in [0.2, 0.25) is 0 Å². The van der Waals surface area contributed by atoms with Gasteiger partial charge in [-0.05, 0) is 18.1 Å². The molecule has 0 aliphatic heterocycles. The molecule has 0 amide bonds. The molecule has 3 nitrogen and oxygen atoms in total. The van der Waals surface area contributed by atoms with Gasteiger partial charge in [-0.15, -0.1) is 0 Å². The van der Waals surface area contributed by atoms with E-state index in [9.17, 15) is 4.79 Å². The first-order valence-corrected chi connectivity index (χ1v) is 5.70. The van der Waals surface area contributed by atoms with E-state index in [1.54, 1.807) is 13.2 Å². The summed E-state index contributed by atoms with van der Waals surface area (Å²) in [5.41, 5.74) is 1.06. The Labute approximate surface area is 101 Å². The first-order valence-electron chi connectivity index (χ1n) is 5.70. The second-order valence-corrected chi connectivity index (χ2v) is 4.03. The lowest BCUT2D eigenvalue weighted by Gasteiger charge is -2.26. The molecule has 0 aromatic heterocycles. The number of rotatable bonds is 4. The maximum atomic E-state index is 11.7. The van der Waals surface area contributed by atoms with Crippen LogP contribution in [0.2, 0.25) is 0 Å². The Balaban J connectivity index is 1.97. The first kappa shape index (κ1) is 12.0. The first-order chi connectivity index (χ1) is 8.31. The standard InChI is InChI=1S/C14H16O3/c1-16-13-9-5-8-12(15)14(13)17-10-11-6-3-2-4-7-11/h2-8,13-14H,9-10H2,1H3/t13-,14-/m1/s1. The molecule has 17 heavy (non-hydrogen) atoms. The van der Waals surface area contributed by atoms with Gasteiger partial charge in [0, 0.05) is 7.11 Å². The van der Waals surface area contributed by atoms with Gasteiger partial charge in [-0.3, -0.25) is 4.79 Å². The third-order valence-electron chi connectivity index (χ3n) is 2.84. The summed E-state index contributed by atoms with van der Waals surface area (Å²) in [6.07, 6.45) is 3.48. The van der Waals surface area contributed by atoms with Crippen LogP contribution in [0.15, 0.2) is 42.5 Å². The summed E-state index contributed by atoms with van der Waals surface area (Å²) >= 11 is 0. The summed E-state index contributed by atoms with van der Waals surface area (Å²) in [5, 5.41) is 0. The number of methoxy groups -OCH3 is 1. The molecule has 1 aromatic rings. The van der Waals surface area contributed by atoms with Crippen molar-refractivity contribution in [2.24, 2.45) is 0 Å². The van der Waals surface area contributed by atoms with Crippen LogP contribution in [0.5, 0.6) is 0 Å². The van der Waals surface area contributed by atoms with Gasteiger partial charge in [0.05, 0.1) is 12.7 Å². The molecule has 0 bridgehead atoms. The van der Waals surface area contributed by atoms with Crippen molar-refractivity contribution in [2.45, 2.75) is 25.2 Å². The van der Waals surface area contributed by atoms with E-state index in [0.29, 0.717) is 6.61 Å². The summed E-state index contributed by atoms with van der Waals surface area (Å²) in [6.45, 7) is 0.435. The zero-order chi connectivity index (χ0) is 12.1. The third kappa shape index (κ3) is 3.02. The molecule has 0 saturated heterocycles. The molecule has 0 fully saturated rings. The van der Waals surface area contributed by atoms with E-state index in [0.717, 1.165) is 12.0 Å². The van der Waals surface area contributed by atoms with Crippen LogP contribution in [0.25, 0.3) is 0 Å². The van der Waals surface area contributed by atoms with Crippen molar-refractivity contribution in [3.63, 3.8) is 0 Å². The van der Waals surface area contributed by atoms with E-state index in [1.165, 1.54) is 0 Å². The Morgan fingerprint density at radius 3 is 2.76 bits per heavy atom. The highest BCUT2D eigenvalue weighted by Gasteiger charge is 2.29. The number of hydrogen-bond donors (Lipinski definition) is 0. The zero-order valence-corrected chi connectivity index (χ0v) is 9.84. The Morgan fingerprint density at radius 2 is 2.06 bits per heavy atom. The second kappa shape index (κ2) is 5.75. The summed E-state index contributed by atoms with van der Waals surface area (Å²) in [4.78, 5) is 11.7. The summed E-state index contributed by atoms with van der Waals surface area (Å²) in [7, 11) is 1.61. The molecular weight excluding hydrogens is 216 g/mol. The summed E-state index contributed by atoms with van der Waals surface area (Å²) < 4.78 is 10.9. The highest BCUT2D eigenvalue weighted by Crippen LogP contribution is 2.17. The Bertz CT molecular complexity index is 397. The van der Waals surface area contributed by atoms with Gasteiger partial charge in [-0.1, -0.05) is 36.4 Å². The molecule has 3 heteroatoms. The lowest BCUT2D eigenvalue weighted by atomic mass is 10.00. The number of hydrogen-bond acceptors (Lipinski definition) is 3. The fourth-order valence-electron chi connectivity index (χ4n) is 1.89. The lowest BCUT2D eigenvalue weighted by Crippen LogP contribution is -2.38. The Morgan fingerprint density at radius 1 is 1.29 bits per heavy atom. The molecule has 0 spiro atoms. The smallest absolute Gasteiger partial charge is 0.186 e. The monoisotopic (exact) mass is 232 g/mol. The predicted octanol–water partition coefficient (Wildman–Crippen LogP) is 2.12.